The van der Waals surface area contributed by atoms with E-state index in [1.807, 2.05) is 6.92 Å². The summed E-state index contributed by atoms with van der Waals surface area (Å²) in [6.45, 7) is 2.78. The van der Waals surface area contributed by atoms with E-state index < -0.39 is 10.8 Å². The van der Waals surface area contributed by atoms with Gasteiger partial charge in [0.1, 0.15) is 18.0 Å². The topological polar surface area (TPSA) is 47.8 Å². The molecule has 0 radical (unpaired) electrons. The Morgan fingerprint density at radius 2 is 2.28 bits per heavy atom. The van der Waals surface area contributed by atoms with Crippen LogP contribution in [0.5, 0.6) is 0 Å². The van der Waals surface area contributed by atoms with Crippen molar-refractivity contribution in [2.24, 2.45) is 0 Å². The Bertz CT molecular complexity index is 556. The highest BCUT2D eigenvalue weighted by Crippen LogP contribution is 2.12. The van der Waals surface area contributed by atoms with Gasteiger partial charge in [-0.05, 0) is 24.6 Å². The number of halogens is 1. The minimum Gasteiger partial charge on any atom is -0.254 e. The molecule has 2 aromatic rings. The molecule has 18 heavy (non-hydrogen) atoms. The maximum atomic E-state index is 13.0. The Morgan fingerprint density at radius 3 is 3.00 bits per heavy atom. The summed E-state index contributed by atoms with van der Waals surface area (Å²) in [6.07, 6.45) is 2.39. The number of benzene rings is 1. The molecule has 1 aromatic carbocycles. The number of rotatable bonds is 5. The predicted octanol–water partition coefficient (Wildman–Crippen LogP) is 2.13. The van der Waals surface area contributed by atoms with Crippen LogP contribution in [0, 0.1) is 5.82 Å². The molecule has 6 heteroatoms. The molecule has 4 nitrogen and oxygen atoms in total. The molecule has 0 aliphatic heterocycles. The van der Waals surface area contributed by atoms with Crippen molar-refractivity contribution in [1.29, 1.82) is 0 Å². The van der Waals surface area contributed by atoms with Crippen LogP contribution < -0.4 is 0 Å². The molecule has 96 valence electrons. The van der Waals surface area contributed by atoms with E-state index in [0.29, 0.717) is 10.7 Å². The first-order chi connectivity index (χ1) is 8.70. The van der Waals surface area contributed by atoms with Crippen LogP contribution >= 0.6 is 0 Å². The van der Waals surface area contributed by atoms with Gasteiger partial charge in [-0.25, -0.2) is 14.1 Å². The molecule has 1 aromatic heterocycles. The van der Waals surface area contributed by atoms with E-state index >= 15 is 0 Å². The lowest BCUT2D eigenvalue weighted by molar-refractivity contribution is 0.579. The van der Waals surface area contributed by atoms with Gasteiger partial charge in [0.15, 0.2) is 0 Å². The first-order valence-electron chi connectivity index (χ1n) is 5.71. The van der Waals surface area contributed by atoms with Gasteiger partial charge in [0.05, 0.1) is 16.6 Å². The third-order valence-electron chi connectivity index (χ3n) is 2.45. The van der Waals surface area contributed by atoms with Crippen molar-refractivity contribution in [1.82, 2.24) is 14.8 Å². The van der Waals surface area contributed by atoms with Crippen LogP contribution in [0.2, 0.25) is 0 Å². The largest absolute Gasteiger partial charge is 0.254 e. The van der Waals surface area contributed by atoms with Crippen molar-refractivity contribution < 1.29 is 8.60 Å². The monoisotopic (exact) mass is 267 g/mol. The average molecular weight is 267 g/mol. The van der Waals surface area contributed by atoms with Crippen molar-refractivity contribution >= 4 is 10.8 Å². The summed E-state index contributed by atoms with van der Waals surface area (Å²) in [5.41, 5.74) is 0. The Labute approximate surface area is 107 Å². The van der Waals surface area contributed by atoms with E-state index in [2.05, 4.69) is 10.1 Å². The van der Waals surface area contributed by atoms with Gasteiger partial charge >= 0.3 is 0 Å². The Kier molecular flexibility index (Phi) is 4.19. The van der Waals surface area contributed by atoms with E-state index in [9.17, 15) is 8.60 Å². The molecule has 0 amide bonds. The van der Waals surface area contributed by atoms with Gasteiger partial charge < -0.3 is 0 Å². The van der Waals surface area contributed by atoms with Crippen LogP contribution in [0.1, 0.15) is 19.2 Å². The number of hydrogen-bond acceptors (Lipinski definition) is 3. The first-order valence-corrected chi connectivity index (χ1v) is 7.03. The zero-order valence-electron chi connectivity index (χ0n) is 10.0. The molecule has 0 aliphatic carbocycles. The molecule has 0 fully saturated rings. The van der Waals surface area contributed by atoms with Crippen molar-refractivity contribution in [2.45, 2.75) is 30.5 Å². The van der Waals surface area contributed by atoms with Gasteiger partial charge in [-0.15, -0.1) is 0 Å². The van der Waals surface area contributed by atoms with Crippen molar-refractivity contribution in [2.75, 3.05) is 0 Å². The number of nitrogens with zero attached hydrogens (tertiary/aromatic N) is 3. The minimum absolute atomic E-state index is 0.253. The molecule has 0 N–H and O–H groups in total. The summed E-state index contributed by atoms with van der Waals surface area (Å²) < 4.78 is 26.9. The molecule has 2 rings (SSSR count). The maximum absolute atomic E-state index is 13.0. The second-order valence-corrected chi connectivity index (χ2v) is 5.30. The molecular formula is C12H14FN3OS. The van der Waals surface area contributed by atoms with Gasteiger partial charge in [0.25, 0.3) is 0 Å². The van der Waals surface area contributed by atoms with Crippen LogP contribution in [-0.4, -0.2) is 19.0 Å². The average Bonchev–Trinajstić information content (AvgIpc) is 2.77. The molecule has 0 saturated carbocycles. The highest BCUT2D eigenvalue weighted by molar-refractivity contribution is 7.84. The van der Waals surface area contributed by atoms with Gasteiger partial charge in [0, 0.05) is 11.4 Å². The van der Waals surface area contributed by atoms with Crippen LogP contribution in [-0.2, 0) is 23.1 Å². The highest BCUT2D eigenvalue weighted by Gasteiger charge is 2.11. The van der Waals surface area contributed by atoms with Crippen LogP contribution in [0.25, 0.3) is 0 Å². The van der Waals surface area contributed by atoms with E-state index in [-0.39, 0.29) is 11.6 Å². The zero-order valence-corrected chi connectivity index (χ0v) is 10.9. The lowest BCUT2D eigenvalue weighted by Gasteiger charge is -2.04. The van der Waals surface area contributed by atoms with Crippen molar-refractivity contribution in [3.8, 4) is 0 Å². The zero-order chi connectivity index (χ0) is 13.0. The maximum Gasteiger partial charge on any atom is 0.139 e. The summed E-state index contributed by atoms with van der Waals surface area (Å²) in [7, 11) is -1.30. The molecule has 1 unspecified atom stereocenters. The molecule has 0 bridgehead atoms. The quantitative estimate of drug-likeness (QED) is 0.834. The Morgan fingerprint density at radius 1 is 1.44 bits per heavy atom. The highest BCUT2D eigenvalue weighted by atomic mass is 32.2. The SMILES string of the molecule is CCCn1ncnc1CS(=O)c1cccc(F)c1. The molecule has 0 saturated heterocycles. The normalized spacial score (nSPS) is 12.6. The van der Waals surface area contributed by atoms with Gasteiger partial charge in [-0.3, -0.25) is 4.21 Å². The van der Waals surface area contributed by atoms with E-state index in [0.717, 1.165) is 13.0 Å². The third kappa shape index (κ3) is 3.01. The van der Waals surface area contributed by atoms with Gasteiger partial charge in [0.2, 0.25) is 0 Å². The number of hydrogen-bond donors (Lipinski definition) is 0. The molecule has 1 heterocycles. The second kappa shape index (κ2) is 5.86. The number of aryl methyl sites for hydroxylation is 1. The number of aromatic nitrogens is 3. The van der Waals surface area contributed by atoms with Crippen LogP contribution in [0.3, 0.4) is 0 Å². The van der Waals surface area contributed by atoms with Crippen molar-refractivity contribution in [3.63, 3.8) is 0 Å². The fourth-order valence-electron chi connectivity index (χ4n) is 1.61. The summed E-state index contributed by atoms with van der Waals surface area (Å²) in [5, 5.41) is 4.07. The van der Waals surface area contributed by atoms with Gasteiger partial charge in [-0.1, -0.05) is 13.0 Å². The summed E-state index contributed by atoms with van der Waals surface area (Å²) >= 11 is 0. The smallest absolute Gasteiger partial charge is 0.139 e. The summed E-state index contributed by atoms with van der Waals surface area (Å²) in [5.74, 6) is 0.541. The van der Waals surface area contributed by atoms with Gasteiger partial charge in [-0.2, -0.15) is 5.10 Å². The predicted molar refractivity (Wildman–Crippen MR) is 66.8 cm³/mol. The molecule has 1 atom stereocenters. The second-order valence-electron chi connectivity index (χ2n) is 3.85. The first kappa shape index (κ1) is 12.9. The van der Waals surface area contributed by atoms with E-state index in [1.54, 1.807) is 16.8 Å². The van der Waals surface area contributed by atoms with Crippen LogP contribution in [0.15, 0.2) is 35.5 Å². The lowest BCUT2D eigenvalue weighted by atomic mass is 10.4. The fourth-order valence-corrected chi connectivity index (χ4v) is 2.71. The summed E-state index contributed by atoms with van der Waals surface area (Å²) in [6, 6.07) is 5.83. The van der Waals surface area contributed by atoms with Crippen molar-refractivity contribution in [3.05, 3.63) is 42.2 Å². The summed E-state index contributed by atoms with van der Waals surface area (Å²) in [4.78, 5) is 4.56. The third-order valence-corrected chi connectivity index (χ3v) is 3.75. The molecule has 0 aliphatic rings. The van der Waals surface area contributed by atoms with Crippen LogP contribution in [0.4, 0.5) is 4.39 Å². The Balaban J connectivity index is 2.14. The molecule has 0 spiro atoms. The Hall–Kier alpha value is -1.56. The lowest BCUT2D eigenvalue weighted by Crippen LogP contribution is -2.08. The minimum atomic E-state index is -1.30. The fraction of sp³-hybridized carbons (Fsp3) is 0.333. The van der Waals surface area contributed by atoms with E-state index in [4.69, 9.17) is 0 Å². The standard InChI is InChI=1S/C12H14FN3OS/c1-2-6-16-12(14-9-15-16)8-18(17)11-5-3-4-10(13)7-11/h3-5,7,9H,2,6,8H2,1H3. The van der Waals surface area contributed by atoms with E-state index in [1.165, 1.54) is 18.5 Å². The molecular weight excluding hydrogens is 253 g/mol.